The second kappa shape index (κ2) is 3.52. The molecule has 6 heteroatoms. The zero-order valence-corrected chi connectivity index (χ0v) is 7.65. The van der Waals surface area contributed by atoms with Crippen molar-refractivity contribution < 1.29 is 22.4 Å². The van der Waals surface area contributed by atoms with Gasteiger partial charge in [-0.2, -0.15) is 13.2 Å². The molecular formula is C9H7F4NO. The molecule has 0 radical (unpaired) electrons. The Balaban J connectivity index is 3.49. The van der Waals surface area contributed by atoms with Crippen LogP contribution in [0.1, 0.15) is 22.8 Å². The van der Waals surface area contributed by atoms with Crippen molar-refractivity contribution in [2.75, 3.05) is 5.73 Å². The number of carbonyl (C=O) groups is 1. The van der Waals surface area contributed by atoms with Crippen LogP contribution in [0.5, 0.6) is 0 Å². The lowest BCUT2D eigenvalue weighted by molar-refractivity contribution is -0.137. The first-order valence-electron chi connectivity index (χ1n) is 3.90. The van der Waals surface area contributed by atoms with Gasteiger partial charge in [0.05, 0.1) is 11.3 Å². The van der Waals surface area contributed by atoms with E-state index < -0.39 is 34.6 Å². The normalized spacial score (nSPS) is 11.5. The Hall–Kier alpha value is -1.59. The standard InChI is InChI=1S/C9H7F4NO/c1-4(15)5-2-7(10)8(14)3-6(5)9(11,12)13/h2-3H,14H2,1H3. The van der Waals surface area contributed by atoms with Crippen molar-refractivity contribution in [3.63, 3.8) is 0 Å². The van der Waals surface area contributed by atoms with Crippen LogP contribution in [0, 0.1) is 5.82 Å². The molecule has 0 saturated heterocycles. The highest BCUT2D eigenvalue weighted by Gasteiger charge is 2.35. The Bertz CT molecular complexity index is 411. The third-order valence-electron chi connectivity index (χ3n) is 1.82. The first kappa shape index (κ1) is 11.5. The summed E-state index contributed by atoms with van der Waals surface area (Å²) in [5.74, 6) is -1.89. The first-order valence-corrected chi connectivity index (χ1v) is 3.90. The molecule has 82 valence electrons. The minimum atomic E-state index is -4.72. The number of nitrogens with two attached hydrogens (primary N) is 1. The summed E-state index contributed by atoms with van der Waals surface area (Å²) in [5.41, 5.74) is 2.44. The molecule has 0 atom stereocenters. The molecule has 0 fully saturated rings. The lowest BCUT2D eigenvalue weighted by atomic mass is 10.0. The largest absolute Gasteiger partial charge is 0.417 e. The van der Waals surface area contributed by atoms with Gasteiger partial charge in [-0.1, -0.05) is 0 Å². The van der Waals surface area contributed by atoms with Crippen LogP contribution in [0.3, 0.4) is 0 Å². The second-order valence-electron chi connectivity index (χ2n) is 2.97. The third-order valence-corrected chi connectivity index (χ3v) is 1.82. The number of nitrogen functional groups attached to an aromatic ring is 1. The molecule has 15 heavy (non-hydrogen) atoms. The number of ketones is 1. The molecule has 0 aliphatic rings. The molecule has 0 unspecified atom stereocenters. The Kier molecular flexibility index (Phi) is 2.70. The quantitative estimate of drug-likeness (QED) is 0.450. The van der Waals surface area contributed by atoms with E-state index in [0.717, 1.165) is 6.92 Å². The number of anilines is 1. The van der Waals surface area contributed by atoms with Crippen molar-refractivity contribution >= 4 is 11.5 Å². The van der Waals surface area contributed by atoms with Gasteiger partial charge in [-0.25, -0.2) is 4.39 Å². The van der Waals surface area contributed by atoms with E-state index in [1.807, 2.05) is 0 Å². The molecule has 0 aliphatic heterocycles. The van der Waals surface area contributed by atoms with Crippen LogP contribution < -0.4 is 5.73 Å². The molecule has 1 aromatic carbocycles. The first-order chi connectivity index (χ1) is 6.73. The zero-order chi connectivity index (χ0) is 11.8. The molecule has 1 aromatic rings. The Morgan fingerprint density at radius 1 is 1.33 bits per heavy atom. The lowest BCUT2D eigenvalue weighted by Crippen LogP contribution is -2.13. The summed E-state index contributed by atoms with van der Waals surface area (Å²) >= 11 is 0. The maximum absolute atomic E-state index is 12.9. The van der Waals surface area contributed by atoms with E-state index in [1.165, 1.54) is 0 Å². The molecular weight excluding hydrogens is 214 g/mol. The Morgan fingerprint density at radius 3 is 2.27 bits per heavy atom. The maximum Gasteiger partial charge on any atom is 0.417 e. The number of alkyl halides is 3. The van der Waals surface area contributed by atoms with Crippen LogP contribution >= 0.6 is 0 Å². The van der Waals surface area contributed by atoms with Gasteiger partial charge in [0.2, 0.25) is 0 Å². The topological polar surface area (TPSA) is 43.1 Å². The third kappa shape index (κ3) is 2.26. The highest BCUT2D eigenvalue weighted by Crippen LogP contribution is 2.34. The van der Waals surface area contributed by atoms with Gasteiger partial charge >= 0.3 is 6.18 Å². The van der Waals surface area contributed by atoms with E-state index in [0.29, 0.717) is 12.1 Å². The molecule has 0 amide bonds. The number of Topliss-reactive ketones (excluding diaryl/α,β-unsaturated/α-hetero) is 1. The molecule has 2 nitrogen and oxygen atoms in total. The number of hydrogen-bond donors (Lipinski definition) is 1. The molecule has 1 rings (SSSR count). The molecule has 0 bridgehead atoms. The van der Waals surface area contributed by atoms with E-state index in [1.54, 1.807) is 0 Å². The fraction of sp³-hybridized carbons (Fsp3) is 0.222. The fourth-order valence-corrected chi connectivity index (χ4v) is 1.12. The van der Waals surface area contributed by atoms with Crippen LogP contribution in [0.15, 0.2) is 12.1 Å². The Labute approximate surface area is 82.7 Å². The monoisotopic (exact) mass is 221 g/mol. The second-order valence-corrected chi connectivity index (χ2v) is 2.97. The minimum absolute atomic E-state index is 0.423. The average Bonchev–Trinajstić information content (AvgIpc) is 2.06. The Morgan fingerprint density at radius 2 is 1.87 bits per heavy atom. The summed E-state index contributed by atoms with van der Waals surface area (Å²) < 4.78 is 50.0. The smallest absolute Gasteiger partial charge is 0.396 e. The number of rotatable bonds is 1. The summed E-state index contributed by atoms with van der Waals surface area (Å²) in [7, 11) is 0. The van der Waals surface area contributed by atoms with Gasteiger partial charge in [0.1, 0.15) is 5.82 Å². The van der Waals surface area contributed by atoms with Gasteiger partial charge < -0.3 is 5.73 Å². The predicted molar refractivity (Wildman–Crippen MR) is 45.8 cm³/mol. The highest BCUT2D eigenvalue weighted by atomic mass is 19.4. The molecule has 0 saturated carbocycles. The van der Waals surface area contributed by atoms with Crippen LogP contribution in [0.4, 0.5) is 23.2 Å². The van der Waals surface area contributed by atoms with Gasteiger partial charge in [0.25, 0.3) is 0 Å². The average molecular weight is 221 g/mol. The molecule has 0 aromatic heterocycles. The zero-order valence-electron chi connectivity index (χ0n) is 7.65. The van der Waals surface area contributed by atoms with E-state index in [9.17, 15) is 22.4 Å². The number of hydrogen-bond acceptors (Lipinski definition) is 2. The number of benzene rings is 1. The van der Waals surface area contributed by atoms with E-state index in [4.69, 9.17) is 5.73 Å². The molecule has 0 aliphatic carbocycles. The van der Waals surface area contributed by atoms with E-state index >= 15 is 0 Å². The van der Waals surface area contributed by atoms with Crippen LogP contribution in [0.2, 0.25) is 0 Å². The van der Waals surface area contributed by atoms with Crippen molar-refractivity contribution in [1.29, 1.82) is 0 Å². The number of halogens is 4. The van der Waals surface area contributed by atoms with Crippen LogP contribution in [-0.2, 0) is 6.18 Å². The highest BCUT2D eigenvalue weighted by molar-refractivity contribution is 5.96. The van der Waals surface area contributed by atoms with Gasteiger partial charge in [-0.3, -0.25) is 4.79 Å². The van der Waals surface area contributed by atoms with E-state index in [-0.39, 0.29) is 0 Å². The van der Waals surface area contributed by atoms with Crippen molar-refractivity contribution in [3.8, 4) is 0 Å². The minimum Gasteiger partial charge on any atom is -0.396 e. The predicted octanol–water partition coefficient (Wildman–Crippen LogP) is 2.63. The van der Waals surface area contributed by atoms with Gasteiger partial charge in [-0.15, -0.1) is 0 Å². The SMILES string of the molecule is CC(=O)c1cc(F)c(N)cc1C(F)(F)F. The van der Waals surface area contributed by atoms with Crippen molar-refractivity contribution in [2.45, 2.75) is 13.1 Å². The summed E-state index contributed by atoms with van der Waals surface area (Å²) in [5, 5.41) is 0. The maximum atomic E-state index is 12.9. The fourth-order valence-electron chi connectivity index (χ4n) is 1.12. The number of carbonyl (C=O) groups excluding carboxylic acids is 1. The molecule has 2 N–H and O–H groups in total. The van der Waals surface area contributed by atoms with Gasteiger partial charge in [-0.05, 0) is 19.1 Å². The summed E-state index contributed by atoms with van der Waals surface area (Å²) in [6, 6.07) is 0.923. The van der Waals surface area contributed by atoms with E-state index in [2.05, 4.69) is 0 Å². The lowest BCUT2D eigenvalue weighted by Gasteiger charge is -2.12. The van der Waals surface area contributed by atoms with Crippen molar-refractivity contribution in [3.05, 3.63) is 29.1 Å². The van der Waals surface area contributed by atoms with Crippen molar-refractivity contribution in [2.24, 2.45) is 0 Å². The summed E-state index contributed by atoms with van der Waals surface area (Å²) in [4.78, 5) is 10.9. The van der Waals surface area contributed by atoms with Crippen LogP contribution in [0.25, 0.3) is 0 Å². The van der Waals surface area contributed by atoms with Gasteiger partial charge in [0.15, 0.2) is 5.78 Å². The molecule has 0 spiro atoms. The summed E-state index contributed by atoms with van der Waals surface area (Å²) in [6.45, 7) is 0.931. The van der Waals surface area contributed by atoms with Gasteiger partial charge in [0, 0.05) is 5.56 Å². The van der Waals surface area contributed by atoms with Crippen molar-refractivity contribution in [1.82, 2.24) is 0 Å². The van der Waals surface area contributed by atoms with Crippen LogP contribution in [-0.4, -0.2) is 5.78 Å². The molecule has 0 heterocycles. The summed E-state index contributed by atoms with van der Waals surface area (Å²) in [6.07, 6.45) is -4.72.